The molecule has 0 saturated carbocycles. The van der Waals surface area contributed by atoms with E-state index in [9.17, 15) is 13.2 Å². The van der Waals surface area contributed by atoms with Crippen LogP contribution in [0.3, 0.4) is 0 Å². The Labute approximate surface area is 115 Å². The summed E-state index contributed by atoms with van der Waals surface area (Å²) in [5.41, 5.74) is 1.26. The van der Waals surface area contributed by atoms with Crippen molar-refractivity contribution in [1.29, 1.82) is 0 Å². The maximum Gasteiger partial charge on any atom is 0.419 e. The Hall–Kier alpha value is -1.08. The predicted octanol–water partition coefficient (Wildman–Crippen LogP) is 2.05. The number of halogens is 3. The topological polar surface area (TPSA) is 41.1 Å². The second-order valence-electron chi connectivity index (χ2n) is 5.68. The van der Waals surface area contributed by atoms with Gasteiger partial charge in [0.25, 0.3) is 0 Å². The van der Waals surface area contributed by atoms with Gasteiger partial charge in [-0.05, 0) is 31.2 Å². The second-order valence-corrected chi connectivity index (χ2v) is 5.68. The number of methoxy groups -OCH3 is 1. The van der Waals surface area contributed by atoms with Gasteiger partial charge in [-0.3, -0.25) is 10.00 Å². The fourth-order valence-corrected chi connectivity index (χ4v) is 3.10. The molecule has 7 heteroatoms. The smallest absolute Gasteiger partial charge is 0.366 e. The van der Waals surface area contributed by atoms with Gasteiger partial charge in [-0.15, -0.1) is 0 Å². The van der Waals surface area contributed by atoms with E-state index < -0.39 is 11.8 Å². The number of hydrogen-bond donors (Lipinski definition) is 1. The molecule has 0 radical (unpaired) electrons. The molecule has 2 heterocycles. The first-order chi connectivity index (χ1) is 9.45. The summed E-state index contributed by atoms with van der Waals surface area (Å²) in [5, 5.41) is 7.28. The molecule has 1 aromatic rings. The number of hydrogen-bond acceptors (Lipinski definition) is 3. The number of ether oxygens (including phenoxy) is 1. The molecule has 20 heavy (non-hydrogen) atoms. The molecule has 1 aromatic heterocycles. The van der Waals surface area contributed by atoms with Crippen molar-refractivity contribution < 1.29 is 17.9 Å². The lowest BCUT2D eigenvalue weighted by Gasteiger charge is -2.49. The highest BCUT2D eigenvalue weighted by Crippen LogP contribution is 2.41. The Bertz CT molecular complexity index is 492. The molecule has 1 saturated heterocycles. The molecule has 0 bridgehead atoms. The van der Waals surface area contributed by atoms with Gasteiger partial charge in [0.2, 0.25) is 0 Å². The third kappa shape index (κ3) is 2.13. The first-order valence-corrected chi connectivity index (χ1v) is 6.84. The van der Waals surface area contributed by atoms with Crippen molar-refractivity contribution in [3.05, 3.63) is 17.0 Å². The number of nitrogens with zero attached hydrogens (tertiary/aromatic N) is 2. The lowest BCUT2D eigenvalue weighted by atomic mass is 9.91. The van der Waals surface area contributed by atoms with Crippen LogP contribution in [-0.2, 0) is 24.1 Å². The van der Waals surface area contributed by atoms with Crippen LogP contribution in [0.2, 0.25) is 0 Å². The van der Waals surface area contributed by atoms with E-state index in [1.807, 2.05) is 0 Å². The molecular formula is C13H18F3N3O. The number of alkyl halides is 3. The number of aryl methyl sites for hydroxylation is 1. The number of aromatic amines is 1. The highest BCUT2D eigenvalue weighted by molar-refractivity contribution is 5.28. The highest BCUT2D eigenvalue weighted by atomic mass is 19.4. The van der Waals surface area contributed by atoms with Gasteiger partial charge >= 0.3 is 6.18 Å². The minimum absolute atomic E-state index is 0.116. The molecular weight excluding hydrogens is 271 g/mol. The zero-order valence-electron chi connectivity index (χ0n) is 11.4. The summed E-state index contributed by atoms with van der Waals surface area (Å²) in [4.78, 5) is 1.74. The Morgan fingerprint density at radius 1 is 1.30 bits per heavy atom. The number of fused-ring (bicyclic) bond motifs is 1. The quantitative estimate of drug-likeness (QED) is 0.926. The van der Waals surface area contributed by atoms with Gasteiger partial charge < -0.3 is 4.74 Å². The standard InChI is InChI=1S/C13H18F3N3O/c1-20-12(13(14,15)16)7-19(8-12)6-11-9-4-2-3-5-10(9)17-18-11/h2-8H2,1H3,(H,17,18). The van der Waals surface area contributed by atoms with Crippen LogP contribution in [0.1, 0.15) is 29.8 Å². The molecule has 1 aliphatic carbocycles. The van der Waals surface area contributed by atoms with Gasteiger partial charge in [0.15, 0.2) is 5.60 Å². The maximum atomic E-state index is 12.9. The van der Waals surface area contributed by atoms with Gasteiger partial charge in [0.1, 0.15) is 0 Å². The maximum absolute atomic E-state index is 12.9. The molecule has 2 aliphatic rings. The van der Waals surface area contributed by atoms with Crippen LogP contribution in [0.15, 0.2) is 0 Å². The third-order valence-electron chi connectivity index (χ3n) is 4.38. The van der Waals surface area contributed by atoms with Crippen LogP contribution < -0.4 is 0 Å². The Morgan fingerprint density at radius 3 is 2.65 bits per heavy atom. The first-order valence-electron chi connectivity index (χ1n) is 6.84. The lowest BCUT2D eigenvalue weighted by Crippen LogP contribution is -2.69. The molecule has 0 aromatic carbocycles. The predicted molar refractivity (Wildman–Crippen MR) is 66.3 cm³/mol. The lowest BCUT2D eigenvalue weighted by molar-refractivity contribution is -0.312. The van der Waals surface area contributed by atoms with Crippen molar-refractivity contribution in [2.75, 3.05) is 20.2 Å². The van der Waals surface area contributed by atoms with E-state index in [2.05, 4.69) is 10.2 Å². The monoisotopic (exact) mass is 289 g/mol. The molecule has 0 unspecified atom stereocenters. The highest BCUT2D eigenvalue weighted by Gasteiger charge is 2.62. The molecule has 4 nitrogen and oxygen atoms in total. The summed E-state index contributed by atoms with van der Waals surface area (Å²) in [6.45, 7) is 0.232. The summed E-state index contributed by atoms with van der Waals surface area (Å²) in [6, 6.07) is 0. The van der Waals surface area contributed by atoms with E-state index in [0.717, 1.165) is 44.2 Å². The minimum atomic E-state index is -4.32. The summed E-state index contributed by atoms with van der Waals surface area (Å²) in [6.07, 6.45) is -0.0663. The Balaban J connectivity index is 1.66. The molecule has 0 amide bonds. The molecule has 1 aliphatic heterocycles. The number of H-pyrrole nitrogens is 1. The van der Waals surface area contributed by atoms with Gasteiger partial charge in [-0.25, -0.2) is 0 Å². The van der Waals surface area contributed by atoms with Crippen molar-refractivity contribution in [3.8, 4) is 0 Å². The van der Waals surface area contributed by atoms with Gasteiger partial charge in [-0.2, -0.15) is 18.3 Å². The number of likely N-dealkylation sites (tertiary alicyclic amines) is 1. The Kier molecular flexibility index (Phi) is 3.29. The fraction of sp³-hybridized carbons (Fsp3) is 0.769. The van der Waals surface area contributed by atoms with Crippen LogP contribution in [0.5, 0.6) is 0 Å². The molecule has 1 N–H and O–H groups in total. The van der Waals surface area contributed by atoms with Crippen molar-refractivity contribution in [3.63, 3.8) is 0 Å². The molecule has 112 valence electrons. The number of rotatable bonds is 3. The van der Waals surface area contributed by atoms with E-state index >= 15 is 0 Å². The summed E-state index contributed by atoms with van der Waals surface area (Å²) in [7, 11) is 1.13. The van der Waals surface area contributed by atoms with E-state index in [1.54, 1.807) is 4.90 Å². The second kappa shape index (κ2) is 4.73. The summed E-state index contributed by atoms with van der Waals surface area (Å²) in [5.74, 6) is 0. The summed E-state index contributed by atoms with van der Waals surface area (Å²) >= 11 is 0. The molecule has 1 fully saturated rings. The zero-order valence-corrected chi connectivity index (χ0v) is 11.4. The first kappa shape index (κ1) is 13.9. The average Bonchev–Trinajstić information content (AvgIpc) is 2.75. The largest absolute Gasteiger partial charge is 0.419 e. The van der Waals surface area contributed by atoms with Gasteiger partial charge in [0, 0.05) is 32.4 Å². The van der Waals surface area contributed by atoms with Gasteiger partial charge in [0.05, 0.1) is 5.69 Å². The van der Waals surface area contributed by atoms with Gasteiger partial charge in [-0.1, -0.05) is 0 Å². The zero-order chi connectivity index (χ0) is 14.4. The third-order valence-corrected chi connectivity index (χ3v) is 4.38. The number of aromatic nitrogens is 2. The van der Waals surface area contributed by atoms with Crippen molar-refractivity contribution in [2.24, 2.45) is 0 Å². The van der Waals surface area contributed by atoms with Crippen LogP contribution in [0, 0.1) is 0 Å². The average molecular weight is 289 g/mol. The molecule has 0 atom stereocenters. The van der Waals surface area contributed by atoms with E-state index in [1.165, 1.54) is 5.56 Å². The van der Waals surface area contributed by atoms with Crippen molar-refractivity contribution in [2.45, 2.75) is 44.0 Å². The molecule has 0 spiro atoms. The Morgan fingerprint density at radius 2 is 2.00 bits per heavy atom. The van der Waals surface area contributed by atoms with Crippen LogP contribution >= 0.6 is 0 Å². The minimum Gasteiger partial charge on any atom is -0.366 e. The normalized spacial score (nSPS) is 22.4. The van der Waals surface area contributed by atoms with Crippen molar-refractivity contribution in [1.82, 2.24) is 15.1 Å². The van der Waals surface area contributed by atoms with Crippen LogP contribution in [0.4, 0.5) is 13.2 Å². The van der Waals surface area contributed by atoms with E-state index in [0.29, 0.717) is 6.54 Å². The van der Waals surface area contributed by atoms with Crippen LogP contribution in [0.25, 0.3) is 0 Å². The molecule has 3 rings (SSSR count). The van der Waals surface area contributed by atoms with Crippen LogP contribution in [-0.4, -0.2) is 47.1 Å². The summed E-state index contributed by atoms with van der Waals surface area (Å²) < 4.78 is 43.4. The van der Waals surface area contributed by atoms with E-state index in [4.69, 9.17) is 4.74 Å². The van der Waals surface area contributed by atoms with Crippen molar-refractivity contribution >= 4 is 0 Å². The number of nitrogens with one attached hydrogen (secondary N) is 1. The fourth-order valence-electron chi connectivity index (χ4n) is 3.10. The SMILES string of the molecule is COC1(C(F)(F)F)CN(Cc2n[nH]c3c2CCCC3)C1. The van der Waals surface area contributed by atoms with E-state index in [-0.39, 0.29) is 13.1 Å².